The van der Waals surface area contributed by atoms with E-state index >= 15 is 0 Å². The summed E-state index contributed by atoms with van der Waals surface area (Å²) in [5.41, 5.74) is 0.991. The Hall–Kier alpha value is -1.40. The van der Waals surface area contributed by atoms with E-state index in [1.54, 1.807) is 16.2 Å². The molecule has 1 aliphatic heterocycles. The Bertz CT molecular complexity index is 405. The zero-order valence-corrected chi connectivity index (χ0v) is 10.1. The Balaban J connectivity index is 1.93. The van der Waals surface area contributed by atoms with Gasteiger partial charge in [0.05, 0.1) is 6.42 Å². The van der Waals surface area contributed by atoms with Gasteiger partial charge < -0.3 is 15.3 Å². The van der Waals surface area contributed by atoms with Crippen LogP contribution in [0.5, 0.6) is 0 Å². The maximum atomic E-state index is 11.9. The molecule has 0 spiro atoms. The Morgan fingerprint density at radius 2 is 2.41 bits per heavy atom. The van der Waals surface area contributed by atoms with Crippen molar-refractivity contribution >= 4 is 23.2 Å². The molecule has 92 valence electrons. The average molecular weight is 254 g/mol. The second kappa shape index (κ2) is 5.29. The van der Waals surface area contributed by atoms with Crippen LogP contribution in [-0.2, 0) is 16.0 Å². The van der Waals surface area contributed by atoms with E-state index in [-0.39, 0.29) is 12.5 Å². The van der Waals surface area contributed by atoms with E-state index in [9.17, 15) is 9.59 Å². The monoisotopic (exact) mass is 254 g/mol. The van der Waals surface area contributed by atoms with Crippen molar-refractivity contribution in [2.24, 2.45) is 0 Å². The largest absolute Gasteiger partial charge is 0.480 e. The summed E-state index contributed by atoms with van der Waals surface area (Å²) in [5.74, 6) is -0.908. The van der Waals surface area contributed by atoms with E-state index in [0.29, 0.717) is 19.5 Å². The Labute approximate surface area is 103 Å². The van der Waals surface area contributed by atoms with E-state index < -0.39 is 12.0 Å². The second-order valence-corrected chi connectivity index (χ2v) is 4.77. The lowest BCUT2D eigenvalue weighted by molar-refractivity contribution is -0.142. The van der Waals surface area contributed by atoms with E-state index in [4.69, 9.17) is 5.11 Å². The molecule has 1 atom stereocenters. The number of hydrogen-bond donors (Lipinski definition) is 2. The molecule has 1 unspecified atom stereocenters. The lowest BCUT2D eigenvalue weighted by Crippen LogP contribution is -2.56. The van der Waals surface area contributed by atoms with Gasteiger partial charge in [0.15, 0.2) is 0 Å². The van der Waals surface area contributed by atoms with Gasteiger partial charge in [-0.1, -0.05) is 0 Å². The molecule has 2 heterocycles. The first-order chi connectivity index (χ1) is 8.16. The number of carboxylic acid groups (broad SMARTS) is 1. The van der Waals surface area contributed by atoms with E-state index in [1.165, 1.54) is 0 Å². The minimum Gasteiger partial charge on any atom is -0.480 e. The molecule has 1 amide bonds. The molecule has 6 heteroatoms. The van der Waals surface area contributed by atoms with Gasteiger partial charge in [0.25, 0.3) is 0 Å². The van der Waals surface area contributed by atoms with Gasteiger partial charge >= 0.3 is 5.97 Å². The molecule has 1 fully saturated rings. The zero-order valence-electron chi connectivity index (χ0n) is 9.26. The van der Waals surface area contributed by atoms with Crippen molar-refractivity contribution in [3.05, 3.63) is 22.4 Å². The smallest absolute Gasteiger partial charge is 0.322 e. The highest BCUT2D eigenvalue weighted by atomic mass is 32.1. The first kappa shape index (κ1) is 12.1. The second-order valence-electron chi connectivity index (χ2n) is 3.99. The zero-order chi connectivity index (χ0) is 12.3. The SMILES string of the molecule is O=C(O)C1CN(C(=O)Cc2ccsc2)CCN1. The van der Waals surface area contributed by atoms with Crippen LogP contribution in [0.3, 0.4) is 0 Å². The first-order valence-electron chi connectivity index (χ1n) is 5.42. The number of carbonyl (C=O) groups is 2. The van der Waals surface area contributed by atoms with E-state index in [2.05, 4.69) is 5.32 Å². The third-order valence-electron chi connectivity index (χ3n) is 2.76. The Kier molecular flexibility index (Phi) is 3.75. The maximum absolute atomic E-state index is 11.9. The van der Waals surface area contributed by atoms with Crippen LogP contribution in [-0.4, -0.2) is 47.6 Å². The molecule has 1 aromatic heterocycles. The van der Waals surface area contributed by atoms with Crippen molar-refractivity contribution in [2.75, 3.05) is 19.6 Å². The molecule has 2 N–H and O–H groups in total. The molecular weight excluding hydrogens is 240 g/mol. The number of thiophene rings is 1. The van der Waals surface area contributed by atoms with Gasteiger partial charge in [0.1, 0.15) is 6.04 Å². The molecule has 0 aromatic carbocycles. The number of carboxylic acids is 1. The summed E-state index contributed by atoms with van der Waals surface area (Å²) >= 11 is 1.56. The fraction of sp³-hybridized carbons (Fsp3) is 0.455. The summed E-state index contributed by atoms with van der Waals surface area (Å²) in [4.78, 5) is 24.4. The number of piperazine rings is 1. The number of amides is 1. The number of nitrogens with zero attached hydrogens (tertiary/aromatic N) is 1. The highest BCUT2D eigenvalue weighted by Crippen LogP contribution is 2.09. The van der Waals surface area contributed by atoms with Crippen molar-refractivity contribution < 1.29 is 14.7 Å². The Morgan fingerprint density at radius 3 is 3.06 bits per heavy atom. The number of nitrogens with one attached hydrogen (secondary N) is 1. The minimum absolute atomic E-state index is 0.00356. The highest BCUT2D eigenvalue weighted by molar-refractivity contribution is 7.07. The summed E-state index contributed by atoms with van der Waals surface area (Å²) in [6, 6.07) is 1.27. The fourth-order valence-electron chi connectivity index (χ4n) is 1.82. The molecule has 5 nitrogen and oxygen atoms in total. The van der Waals surface area contributed by atoms with Crippen LogP contribution >= 0.6 is 11.3 Å². The number of hydrogen-bond acceptors (Lipinski definition) is 4. The van der Waals surface area contributed by atoms with E-state index in [1.807, 2.05) is 16.8 Å². The molecule has 1 aliphatic rings. The summed E-state index contributed by atoms with van der Waals surface area (Å²) in [5, 5.41) is 15.6. The predicted molar refractivity (Wildman–Crippen MR) is 64.0 cm³/mol. The van der Waals surface area contributed by atoms with Crippen molar-refractivity contribution in [2.45, 2.75) is 12.5 Å². The number of aliphatic carboxylic acids is 1. The van der Waals surface area contributed by atoms with Crippen molar-refractivity contribution in [1.29, 1.82) is 0 Å². The Morgan fingerprint density at radius 1 is 1.59 bits per heavy atom. The molecule has 0 saturated carbocycles. The predicted octanol–water partition coefficient (Wildman–Crippen LogP) is 0.176. The van der Waals surface area contributed by atoms with Crippen LogP contribution in [0, 0.1) is 0 Å². The standard InChI is InChI=1S/C11H14N2O3S/c14-10(5-8-1-4-17-7-8)13-3-2-12-9(6-13)11(15)16/h1,4,7,9,12H,2-3,5-6H2,(H,15,16). The van der Waals surface area contributed by atoms with Crippen LogP contribution in [0.15, 0.2) is 16.8 Å². The molecule has 1 aromatic rings. The maximum Gasteiger partial charge on any atom is 0.322 e. The summed E-state index contributed by atoms with van der Waals surface area (Å²) in [7, 11) is 0. The normalized spacial score (nSPS) is 20.2. The van der Waals surface area contributed by atoms with Crippen LogP contribution in [0.1, 0.15) is 5.56 Å². The summed E-state index contributed by atoms with van der Waals surface area (Å²) < 4.78 is 0. The summed E-state index contributed by atoms with van der Waals surface area (Å²) in [6.07, 6.45) is 0.357. The van der Waals surface area contributed by atoms with Gasteiger partial charge in [0.2, 0.25) is 5.91 Å². The molecular formula is C11H14N2O3S. The molecule has 0 bridgehead atoms. The third-order valence-corrected chi connectivity index (χ3v) is 3.49. The van der Waals surface area contributed by atoms with Crippen LogP contribution < -0.4 is 5.32 Å². The molecule has 17 heavy (non-hydrogen) atoms. The fourth-order valence-corrected chi connectivity index (χ4v) is 2.49. The molecule has 0 radical (unpaired) electrons. The quantitative estimate of drug-likeness (QED) is 0.807. The lowest BCUT2D eigenvalue weighted by Gasteiger charge is -2.31. The molecule has 0 aliphatic carbocycles. The average Bonchev–Trinajstić information content (AvgIpc) is 2.82. The van der Waals surface area contributed by atoms with Crippen molar-refractivity contribution in [1.82, 2.24) is 10.2 Å². The molecule has 1 saturated heterocycles. The number of carbonyl (C=O) groups excluding carboxylic acids is 1. The minimum atomic E-state index is -0.905. The summed E-state index contributed by atoms with van der Waals surface area (Å²) in [6.45, 7) is 1.36. The van der Waals surface area contributed by atoms with Gasteiger partial charge in [-0.25, -0.2) is 0 Å². The van der Waals surface area contributed by atoms with Gasteiger partial charge in [0, 0.05) is 19.6 Å². The molecule has 2 rings (SSSR count). The van der Waals surface area contributed by atoms with Crippen LogP contribution in [0.4, 0.5) is 0 Å². The van der Waals surface area contributed by atoms with Gasteiger partial charge in [-0.15, -0.1) is 0 Å². The third kappa shape index (κ3) is 3.04. The van der Waals surface area contributed by atoms with Gasteiger partial charge in [-0.3, -0.25) is 9.59 Å². The van der Waals surface area contributed by atoms with Crippen molar-refractivity contribution in [3.8, 4) is 0 Å². The van der Waals surface area contributed by atoms with Crippen molar-refractivity contribution in [3.63, 3.8) is 0 Å². The topological polar surface area (TPSA) is 69.6 Å². The van der Waals surface area contributed by atoms with E-state index in [0.717, 1.165) is 5.56 Å². The van der Waals surface area contributed by atoms with Crippen LogP contribution in [0.2, 0.25) is 0 Å². The van der Waals surface area contributed by atoms with Gasteiger partial charge in [-0.2, -0.15) is 11.3 Å². The number of rotatable bonds is 3. The highest BCUT2D eigenvalue weighted by Gasteiger charge is 2.27. The van der Waals surface area contributed by atoms with Gasteiger partial charge in [-0.05, 0) is 22.4 Å². The first-order valence-corrected chi connectivity index (χ1v) is 6.36. The lowest BCUT2D eigenvalue weighted by atomic mass is 10.1. The van der Waals surface area contributed by atoms with Crippen LogP contribution in [0.25, 0.3) is 0 Å².